The number of hydrogen-bond donors (Lipinski definition) is 3. The Morgan fingerprint density at radius 1 is 1.38 bits per heavy atom. The monoisotopic (exact) mass is 393 g/mol. The highest BCUT2D eigenvalue weighted by Crippen LogP contribution is 2.27. The Labute approximate surface area is 171 Å². The predicted octanol–water partition coefficient (Wildman–Crippen LogP) is 0.444. The molecule has 3 N–H and O–H groups in total. The van der Waals surface area contributed by atoms with Crippen LogP contribution in [0, 0.1) is 5.92 Å². The molecule has 3 aromatic heterocycles. The van der Waals surface area contributed by atoms with Gasteiger partial charge in [-0.2, -0.15) is 9.61 Å². The maximum absolute atomic E-state index is 9.71. The van der Waals surface area contributed by atoms with Crippen molar-refractivity contribution in [2.45, 2.75) is 38.3 Å². The lowest BCUT2D eigenvalue weighted by Crippen LogP contribution is -2.40. The highest BCUT2D eigenvalue weighted by molar-refractivity contribution is 6.36. The van der Waals surface area contributed by atoms with E-state index in [0.717, 1.165) is 42.9 Å². The molecule has 2 radical (unpaired) electrons. The molecule has 0 bridgehead atoms. The van der Waals surface area contributed by atoms with Crippen LogP contribution in [0.2, 0.25) is 0 Å². The quantitative estimate of drug-likeness (QED) is 0.399. The van der Waals surface area contributed by atoms with E-state index >= 15 is 0 Å². The van der Waals surface area contributed by atoms with E-state index in [2.05, 4.69) is 20.7 Å². The minimum absolute atomic E-state index is 0.188. The van der Waals surface area contributed by atoms with Crippen molar-refractivity contribution in [3.8, 4) is 0 Å². The second-order valence-corrected chi connectivity index (χ2v) is 7.45. The van der Waals surface area contributed by atoms with Crippen molar-refractivity contribution >= 4 is 30.6 Å². The Hall–Kier alpha value is -2.81. The molecule has 0 saturated heterocycles. The number of aliphatic hydroxyl groups is 1. The third-order valence-corrected chi connectivity index (χ3v) is 5.50. The summed E-state index contributed by atoms with van der Waals surface area (Å²) >= 11 is 0. The number of hydrogen-bond acceptors (Lipinski definition) is 6. The summed E-state index contributed by atoms with van der Waals surface area (Å²) in [6, 6.07) is 6.09. The summed E-state index contributed by atoms with van der Waals surface area (Å²) in [7, 11) is 7.71. The zero-order valence-electron chi connectivity index (χ0n) is 16.6. The van der Waals surface area contributed by atoms with E-state index in [0.29, 0.717) is 17.7 Å². The molecule has 0 spiro atoms. The second-order valence-electron chi connectivity index (χ2n) is 7.45. The van der Waals surface area contributed by atoms with Gasteiger partial charge in [0.15, 0.2) is 5.65 Å². The molecule has 1 aliphatic rings. The van der Waals surface area contributed by atoms with E-state index in [-0.39, 0.29) is 18.6 Å². The standard InChI is InChI=1S/C20H26BN6O2/c1-29-26-8-4-5-14(12-26)10-22-19-9-18(25-20-16(21)11-23-27(19)20)24-17-7-3-2-6-15(17)13-28/h4-5,8-9,11-12,15,17,22,28H,2-3,6-7,10,13H2,1H3,(H,24,25)/q+1/t15-,17-/m1/s1. The second kappa shape index (κ2) is 8.69. The van der Waals surface area contributed by atoms with Crippen LogP contribution in [-0.4, -0.2) is 47.3 Å². The molecule has 0 aromatic carbocycles. The first kappa shape index (κ1) is 19.5. The first-order valence-corrected chi connectivity index (χ1v) is 9.98. The molecule has 150 valence electrons. The van der Waals surface area contributed by atoms with Gasteiger partial charge in [0.25, 0.3) is 0 Å². The van der Waals surface area contributed by atoms with E-state index in [1.807, 2.05) is 30.6 Å². The Balaban J connectivity index is 1.59. The molecule has 29 heavy (non-hydrogen) atoms. The number of pyridine rings is 1. The summed E-state index contributed by atoms with van der Waals surface area (Å²) in [5.74, 6) is 1.77. The Bertz CT molecular complexity index is 979. The summed E-state index contributed by atoms with van der Waals surface area (Å²) < 4.78 is 3.36. The zero-order chi connectivity index (χ0) is 20.2. The molecule has 1 fully saturated rings. The molecule has 4 rings (SSSR count). The van der Waals surface area contributed by atoms with Gasteiger partial charge in [0, 0.05) is 53.7 Å². The molecule has 3 heterocycles. The average Bonchev–Trinajstić information content (AvgIpc) is 3.13. The lowest BCUT2D eigenvalue weighted by molar-refractivity contribution is -0.885. The Kier molecular flexibility index (Phi) is 5.85. The van der Waals surface area contributed by atoms with Crippen molar-refractivity contribution in [2.24, 2.45) is 5.92 Å². The third kappa shape index (κ3) is 4.29. The van der Waals surface area contributed by atoms with Crippen LogP contribution >= 0.6 is 0 Å². The third-order valence-electron chi connectivity index (χ3n) is 5.50. The van der Waals surface area contributed by atoms with Gasteiger partial charge in [-0.1, -0.05) is 12.8 Å². The summed E-state index contributed by atoms with van der Waals surface area (Å²) in [6.45, 7) is 0.776. The molecular weight excluding hydrogens is 367 g/mol. The summed E-state index contributed by atoms with van der Waals surface area (Å²) in [5, 5.41) is 21.0. The van der Waals surface area contributed by atoms with Gasteiger partial charge in [0.05, 0.1) is 0 Å². The highest BCUT2D eigenvalue weighted by atomic mass is 16.6. The summed E-state index contributed by atoms with van der Waals surface area (Å²) in [5.41, 5.74) is 2.19. The maximum Gasteiger partial charge on any atom is 0.227 e. The Morgan fingerprint density at radius 2 is 2.24 bits per heavy atom. The topological polar surface area (TPSA) is 87.6 Å². The fraction of sp³-hybridized carbons (Fsp3) is 0.450. The molecule has 9 heteroatoms. The largest absolute Gasteiger partial charge is 0.396 e. The van der Waals surface area contributed by atoms with Crippen molar-refractivity contribution in [3.63, 3.8) is 0 Å². The van der Waals surface area contributed by atoms with Crippen LogP contribution in [-0.2, 0) is 6.54 Å². The lowest BCUT2D eigenvalue weighted by atomic mass is 9.85. The minimum atomic E-state index is 0.188. The van der Waals surface area contributed by atoms with Crippen LogP contribution in [0.3, 0.4) is 0 Å². The first-order chi connectivity index (χ1) is 14.2. The van der Waals surface area contributed by atoms with Crippen LogP contribution in [0.1, 0.15) is 31.2 Å². The maximum atomic E-state index is 9.71. The van der Waals surface area contributed by atoms with E-state index in [9.17, 15) is 5.11 Å². The number of fused-ring (bicyclic) bond motifs is 1. The highest BCUT2D eigenvalue weighted by Gasteiger charge is 2.25. The molecule has 1 aliphatic carbocycles. The van der Waals surface area contributed by atoms with E-state index in [1.54, 1.807) is 22.6 Å². The van der Waals surface area contributed by atoms with Gasteiger partial charge in [0.2, 0.25) is 12.4 Å². The van der Waals surface area contributed by atoms with Crippen LogP contribution in [0.4, 0.5) is 11.6 Å². The predicted molar refractivity (Wildman–Crippen MR) is 111 cm³/mol. The van der Waals surface area contributed by atoms with Crippen molar-refractivity contribution in [1.29, 1.82) is 0 Å². The normalized spacial score (nSPS) is 19.2. The van der Waals surface area contributed by atoms with Crippen molar-refractivity contribution < 1.29 is 14.7 Å². The fourth-order valence-corrected chi connectivity index (χ4v) is 3.90. The van der Waals surface area contributed by atoms with Crippen molar-refractivity contribution in [2.75, 3.05) is 24.4 Å². The van der Waals surface area contributed by atoms with Gasteiger partial charge < -0.3 is 15.7 Å². The molecule has 0 aliphatic heterocycles. The lowest BCUT2D eigenvalue weighted by Gasteiger charge is -2.31. The number of anilines is 2. The van der Waals surface area contributed by atoms with Crippen LogP contribution in [0.5, 0.6) is 0 Å². The minimum Gasteiger partial charge on any atom is -0.396 e. The Morgan fingerprint density at radius 3 is 3.07 bits per heavy atom. The van der Waals surface area contributed by atoms with Gasteiger partial charge >= 0.3 is 0 Å². The van der Waals surface area contributed by atoms with Gasteiger partial charge in [0.1, 0.15) is 26.6 Å². The molecular formula is C20H26BN6O2+. The summed E-state index contributed by atoms with van der Waals surface area (Å²) in [6.07, 6.45) is 9.74. The molecule has 0 amide bonds. The SMILES string of the molecule is [B]c1cnn2c(NCc3ccc[n+](OC)c3)cc(N[C@@H]3CCCC[C@@H]3CO)nc12. The van der Waals surface area contributed by atoms with Crippen LogP contribution < -0.4 is 25.7 Å². The number of nitrogens with zero attached hydrogens (tertiary/aromatic N) is 4. The smallest absolute Gasteiger partial charge is 0.227 e. The molecule has 3 aromatic rings. The van der Waals surface area contributed by atoms with Crippen molar-refractivity contribution in [3.05, 3.63) is 42.4 Å². The first-order valence-electron chi connectivity index (χ1n) is 9.98. The summed E-state index contributed by atoms with van der Waals surface area (Å²) in [4.78, 5) is 9.88. The number of rotatable bonds is 7. The fourth-order valence-electron chi connectivity index (χ4n) is 3.90. The van der Waals surface area contributed by atoms with Crippen molar-refractivity contribution in [1.82, 2.24) is 14.6 Å². The number of aromatic nitrogens is 4. The van der Waals surface area contributed by atoms with Gasteiger partial charge in [-0.25, -0.2) is 4.98 Å². The zero-order valence-corrected chi connectivity index (χ0v) is 16.6. The molecule has 8 nitrogen and oxygen atoms in total. The van der Waals surface area contributed by atoms with Crippen LogP contribution in [0.15, 0.2) is 36.8 Å². The van der Waals surface area contributed by atoms with Crippen LogP contribution in [0.25, 0.3) is 5.65 Å². The molecule has 2 atom stereocenters. The molecule has 0 unspecified atom stereocenters. The van der Waals surface area contributed by atoms with E-state index in [1.165, 1.54) is 0 Å². The van der Waals surface area contributed by atoms with E-state index in [4.69, 9.17) is 12.7 Å². The molecule has 1 saturated carbocycles. The van der Waals surface area contributed by atoms with Gasteiger partial charge in [-0.3, -0.25) is 4.84 Å². The van der Waals surface area contributed by atoms with E-state index < -0.39 is 0 Å². The van der Waals surface area contributed by atoms with Gasteiger partial charge in [-0.15, -0.1) is 0 Å². The van der Waals surface area contributed by atoms with Gasteiger partial charge in [-0.05, 0) is 24.4 Å². The number of nitrogens with one attached hydrogen (secondary N) is 2. The average molecular weight is 393 g/mol. The number of aliphatic hydroxyl groups excluding tert-OH is 1.